The lowest BCUT2D eigenvalue weighted by Crippen LogP contribution is -2.24. The first kappa shape index (κ1) is 19.6. The maximum atomic E-state index is 15.0. The molecule has 0 aliphatic heterocycles. The minimum atomic E-state index is -0.764. The molecule has 29 heavy (non-hydrogen) atoms. The van der Waals surface area contributed by atoms with E-state index in [0.29, 0.717) is 0 Å². The van der Waals surface area contributed by atoms with E-state index in [-0.39, 0.29) is 38.6 Å². The van der Waals surface area contributed by atoms with Crippen molar-refractivity contribution < 1.29 is 4.39 Å². The van der Waals surface area contributed by atoms with E-state index in [0.717, 1.165) is 5.56 Å². The lowest BCUT2D eigenvalue weighted by molar-refractivity contribution is 0.624. The van der Waals surface area contributed by atoms with Crippen LogP contribution in [0.15, 0.2) is 59.7 Å². The van der Waals surface area contributed by atoms with Crippen LogP contribution in [0.25, 0.3) is 16.8 Å². The number of aromatic nitrogens is 5. The fourth-order valence-electron chi connectivity index (χ4n) is 2.86. The number of hydrogen-bond donors (Lipinski definition) is 0. The van der Waals surface area contributed by atoms with Crippen molar-refractivity contribution in [2.24, 2.45) is 0 Å². The van der Waals surface area contributed by atoms with E-state index in [2.05, 4.69) is 15.4 Å². The zero-order valence-corrected chi connectivity index (χ0v) is 16.8. The Hall–Kier alpha value is -2.74. The van der Waals surface area contributed by atoms with Gasteiger partial charge in [-0.15, -0.1) is 5.10 Å². The third-order valence-electron chi connectivity index (χ3n) is 4.21. The summed E-state index contributed by atoms with van der Waals surface area (Å²) >= 11 is 18.1. The molecule has 0 saturated carbocycles. The molecule has 4 aromatic rings. The predicted molar refractivity (Wildman–Crippen MR) is 109 cm³/mol. The third-order valence-corrected chi connectivity index (χ3v) is 5.04. The number of rotatable bonds is 4. The van der Waals surface area contributed by atoms with E-state index >= 15 is 0 Å². The maximum absolute atomic E-state index is 15.0. The SMILES string of the molecule is O=c1c(Cl)c(-c2c(-n3cc(Cl)nn3)ccc(Cl)c2F)cnn1Cc1ccccc1. The van der Waals surface area contributed by atoms with Crippen molar-refractivity contribution in [2.75, 3.05) is 0 Å². The zero-order chi connectivity index (χ0) is 20.5. The molecule has 0 unspecified atom stereocenters. The van der Waals surface area contributed by atoms with Gasteiger partial charge in [-0.25, -0.2) is 13.8 Å². The van der Waals surface area contributed by atoms with E-state index in [9.17, 15) is 9.18 Å². The monoisotopic (exact) mass is 449 g/mol. The van der Waals surface area contributed by atoms with Crippen LogP contribution in [0.4, 0.5) is 4.39 Å². The molecule has 0 saturated heterocycles. The normalized spacial score (nSPS) is 11.0. The summed E-state index contributed by atoms with van der Waals surface area (Å²) in [7, 11) is 0. The maximum Gasteiger partial charge on any atom is 0.286 e. The molecule has 0 aliphatic rings. The molecule has 0 amide bonds. The van der Waals surface area contributed by atoms with Gasteiger partial charge in [-0.1, -0.05) is 70.3 Å². The second-order valence-electron chi connectivity index (χ2n) is 6.06. The summed E-state index contributed by atoms with van der Waals surface area (Å²) in [6.45, 7) is 0.225. The van der Waals surface area contributed by atoms with Gasteiger partial charge in [0.05, 0.1) is 29.6 Å². The number of hydrogen-bond acceptors (Lipinski definition) is 4. The third kappa shape index (κ3) is 3.76. The van der Waals surface area contributed by atoms with Crippen molar-refractivity contribution in [1.29, 1.82) is 0 Å². The smallest absolute Gasteiger partial charge is 0.266 e. The van der Waals surface area contributed by atoms with Crippen molar-refractivity contribution in [1.82, 2.24) is 24.8 Å². The molecule has 6 nitrogen and oxygen atoms in total. The number of nitrogens with zero attached hydrogens (tertiary/aromatic N) is 5. The average molecular weight is 451 g/mol. The fourth-order valence-corrected chi connectivity index (χ4v) is 3.38. The van der Waals surface area contributed by atoms with E-state index in [4.69, 9.17) is 34.8 Å². The largest absolute Gasteiger partial charge is 0.286 e. The Balaban J connectivity index is 1.86. The van der Waals surface area contributed by atoms with E-state index in [1.54, 1.807) is 0 Å². The first-order chi connectivity index (χ1) is 14.0. The van der Waals surface area contributed by atoms with Gasteiger partial charge < -0.3 is 0 Å². The standard InChI is InChI=1S/C19H11Cl3FN5O/c20-13-6-7-14(27-10-15(21)25-26-27)16(18(13)23)12-8-24-28(19(29)17(12)22)9-11-4-2-1-3-5-11/h1-8,10H,9H2. The van der Waals surface area contributed by atoms with Crippen LogP contribution in [0.5, 0.6) is 0 Å². The summed E-state index contributed by atoms with van der Waals surface area (Å²) in [6, 6.07) is 12.2. The van der Waals surface area contributed by atoms with Gasteiger partial charge >= 0.3 is 0 Å². The van der Waals surface area contributed by atoms with Crippen LogP contribution in [-0.2, 0) is 6.54 Å². The van der Waals surface area contributed by atoms with Crippen LogP contribution in [0, 0.1) is 5.82 Å². The van der Waals surface area contributed by atoms with Crippen molar-refractivity contribution >= 4 is 34.8 Å². The first-order valence-electron chi connectivity index (χ1n) is 8.32. The summed E-state index contributed by atoms with van der Waals surface area (Å²) in [5.41, 5.74) is 0.631. The molecular weight excluding hydrogens is 440 g/mol. The summed E-state index contributed by atoms with van der Waals surface area (Å²) in [5.74, 6) is -0.764. The van der Waals surface area contributed by atoms with Crippen molar-refractivity contribution in [3.8, 4) is 16.8 Å². The molecule has 2 heterocycles. The van der Waals surface area contributed by atoms with Gasteiger partial charge in [0.1, 0.15) is 5.02 Å². The molecule has 0 aliphatic carbocycles. The molecule has 2 aromatic carbocycles. The molecular formula is C19H11Cl3FN5O. The Bertz CT molecular complexity index is 1260. The van der Waals surface area contributed by atoms with E-state index in [1.807, 2.05) is 30.3 Å². The molecule has 2 aromatic heterocycles. The number of benzene rings is 2. The summed E-state index contributed by atoms with van der Waals surface area (Å²) in [6.07, 6.45) is 2.72. The van der Waals surface area contributed by atoms with Crippen molar-refractivity contribution in [3.05, 3.63) is 91.8 Å². The van der Waals surface area contributed by atoms with Crippen LogP contribution in [-0.4, -0.2) is 24.8 Å². The van der Waals surface area contributed by atoms with Gasteiger partial charge in [-0.3, -0.25) is 4.79 Å². The minimum absolute atomic E-state index is 0.0273. The quantitative estimate of drug-likeness (QED) is 0.454. The van der Waals surface area contributed by atoms with Crippen molar-refractivity contribution in [3.63, 3.8) is 0 Å². The highest BCUT2D eigenvalue weighted by molar-refractivity contribution is 6.34. The molecule has 0 radical (unpaired) electrons. The Kier molecular flexibility index (Phi) is 5.36. The predicted octanol–water partition coefficient (Wildman–Crippen LogP) is 4.64. The van der Waals surface area contributed by atoms with Gasteiger partial charge in [-0.05, 0) is 17.7 Å². The van der Waals surface area contributed by atoms with Crippen LogP contribution in [0.1, 0.15) is 5.56 Å². The second kappa shape index (κ2) is 7.94. The minimum Gasteiger partial charge on any atom is -0.266 e. The summed E-state index contributed by atoms with van der Waals surface area (Å²) in [4.78, 5) is 12.8. The topological polar surface area (TPSA) is 65.6 Å². The van der Waals surface area contributed by atoms with Crippen LogP contribution >= 0.6 is 34.8 Å². The Labute approximate surface area is 179 Å². The van der Waals surface area contributed by atoms with E-state index in [1.165, 1.54) is 33.9 Å². The summed E-state index contributed by atoms with van der Waals surface area (Å²) in [5, 5.41) is 11.5. The van der Waals surface area contributed by atoms with Crippen LogP contribution < -0.4 is 5.56 Å². The first-order valence-corrected chi connectivity index (χ1v) is 9.45. The van der Waals surface area contributed by atoms with Gasteiger partial charge in [0, 0.05) is 11.1 Å². The van der Waals surface area contributed by atoms with Crippen LogP contribution in [0.2, 0.25) is 15.2 Å². The Morgan fingerprint density at radius 1 is 1.03 bits per heavy atom. The molecule has 0 spiro atoms. The Morgan fingerprint density at radius 3 is 2.48 bits per heavy atom. The highest BCUT2D eigenvalue weighted by Gasteiger charge is 2.22. The molecule has 0 bridgehead atoms. The summed E-state index contributed by atoms with van der Waals surface area (Å²) < 4.78 is 17.4. The highest BCUT2D eigenvalue weighted by Crippen LogP contribution is 2.35. The zero-order valence-electron chi connectivity index (χ0n) is 14.6. The van der Waals surface area contributed by atoms with Crippen LogP contribution in [0.3, 0.4) is 0 Å². The fraction of sp³-hybridized carbons (Fsp3) is 0.0526. The highest BCUT2D eigenvalue weighted by atomic mass is 35.5. The second-order valence-corrected chi connectivity index (χ2v) is 7.23. The van der Waals surface area contributed by atoms with E-state index < -0.39 is 11.4 Å². The van der Waals surface area contributed by atoms with Gasteiger partial charge in [-0.2, -0.15) is 5.10 Å². The van der Waals surface area contributed by atoms with Gasteiger partial charge in [0.2, 0.25) is 0 Å². The molecule has 4 rings (SSSR count). The lowest BCUT2D eigenvalue weighted by Gasteiger charge is -2.14. The molecule has 10 heteroatoms. The Morgan fingerprint density at radius 2 is 1.79 bits per heavy atom. The molecule has 146 valence electrons. The molecule has 0 N–H and O–H groups in total. The molecule has 0 atom stereocenters. The van der Waals surface area contributed by atoms with Gasteiger partial charge in [0.15, 0.2) is 11.0 Å². The van der Waals surface area contributed by atoms with Gasteiger partial charge in [0.25, 0.3) is 5.56 Å². The van der Waals surface area contributed by atoms with Crippen molar-refractivity contribution in [2.45, 2.75) is 6.54 Å². The molecule has 0 fully saturated rings. The number of halogens is 4. The average Bonchev–Trinajstić information content (AvgIpc) is 3.15. The lowest BCUT2D eigenvalue weighted by atomic mass is 10.0.